The smallest absolute Gasteiger partial charge is 0.273 e. The van der Waals surface area contributed by atoms with E-state index in [2.05, 4.69) is 0 Å². The van der Waals surface area contributed by atoms with Gasteiger partial charge in [0.25, 0.3) is 11.8 Å². The molecule has 0 saturated carbocycles. The van der Waals surface area contributed by atoms with Crippen LogP contribution in [0, 0.1) is 0 Å². The summed E-state index contributed by atoms with van der Waals surface area (Å²) in [5, 5.41) is 0.287. The van der Waals surface area contributed by atoms with E-state index in [1.54, 1.807) is 30.3 Å². The Kier molecular flexibility index (Phi) is 5.46. The number of hydrogen-bond acceptors (Lipinski definition) is 5. The second kappa shape index (κ2) is 7.61. The van der Waals surface area contributed by atoms with Crippen LogP contribution in [0.1, 0.15) is 15.9 Å². The summed E-state index contributed by atoms with van der Waals surface area (Å²) >= 11 is 12.4. The van der Waals surface area contributed by atoms with Crippen LogP contribution in [-0.2, 0) is 4.79 Å². The minimum absolute atomic E-state index is 0.205. The van der Waals surface area contributed by atoms with Gasteiger partial charge in [0.05, 0.1) is 15.5 Å². The Balaban J connectivity index is 1.87. The molecule has 2 aromatic carbocycles. The molecule has 1 aliphatic rings. The summed E-state index contributed by atoms with van der Waals surface area (Å²) in [7, 11) is 3.92. The Morgan fingerprint density at radius 3 is 2.42 bits per heavy atom. The molecule has 1 heterocycles. The molecule has 0 aliphatic carbocycles. The molecule has 7 heteroatoms. The number of thiocarbonyl (C=S) groups is 1. The molecule has 0 radical (unpaired) electrons. The number of rotatable bonds is 3. The molecule has 4 nitrogen and oxygen atoms in total. The van der Waals surface area contributed by atoms with Gasteiger partial charge in [0.2, 0.25) is 0 Å². The predicted molar refractivity (Wildman–Crippen MR) is 112 cm³/mol. The Hall–Kier alpha value is -2.15. The van der Waals surface area contributed by atoms with Crippen molar-refractivity contribution in [1.29, 1.82) is 0 Å². The fraction of sp³-hybridized carbons (Fsp3) is 0.105. The normalized spacial score (nSPS) is 15.7. The molecule has 0 aromatic heterocycles. The highest BCUT2D eigenvalue weighted by atomic mass is 35.5. The van der Waals surface area contributed by atoms with Crippen LogP contribution in [-0.4, -0.2) is 35.1 Å². The summed E-state index contributed by atoms with van der Waals surface area (Å²) < 4.78 is 0.205. The number of halogens is 1. The zero-order chi connectivity index (χ0) is 18.8. The Bertz CT molecular complexity index is 923. The van der Waals surface area contributed by atoms with Crippen LogP contribution in [0.25, 0.3) is 6.08 Å². The number of carbonyl (C=O) groups excluding carboxylic acids is 2. The van der Waals surface area contributed by atoms with Crippen LogP contribution < -0.4 is 4.90 Å². The van der Waals surface area contributed by atoms with Gasteiger partial charge in [0.1, 0.15) is 0 Å². The molecule has 1 aliphatic heterocycles. The van der Waals surface area contributed by atoms with Crippen molar-refractivity contribution < 1.29 is 9.59 Å². The van der Waals surface area contributed by atoms with Gasteiger partial charge < -0.3 is 4.90 Å². The van der Waals surface area contributed by atoms with Crippen molar-refractivity contribution in [2.45, 2.75) is 0 Å². The lowest BCUT2D eigenvalue weighted by Gasteiger charge is -2.13. The van der Waals surface area contributed by atoms with E-state index in [4.69, 9.17) is 23.8 Å². The highest BCUT2D eigenvalue weighted by molar-refractivity contribution is 8.26. The summed E-state index contributed by atoms with van der Waals surface area (Å²) in [5.74, 6) is -0.939. The van der Waals surface area contributed by atoms with E-state index < -0.39 is 11.8 Å². The Labute approximate surface area is 166 Å². The molecule has 1 saturated heterocycles. The molecule has 0 N–H and O–H groups in total. The van der Waals surface area contributed by atoms with Crippen molar-refractivity contribution in [3.8, 4) is 0 Å². The number of thioether (sulfide) groups is 1. The van der Waals surface area contributed by atoms with Crippen LogP contribution in [0.2, 0.25) is 5.02 Å². The Morgan fingerprint density at radius 2 is 1.81 bits per heavy atom. The number of hydrogen-bond donors (Lipinski definition) is 0. The van der Waals surface area contributed by atoms with Gasteiger partial charge in [-0.15, -0.1) is 0 Å². The number of benzene rings is 2. The van der Waals surface area contributed by atoms with Crippen LogP contribution in [0.5, 0.6) is 0 Å². The number of carbonyl (C=O) groups is 2. The third-order valence-corrected chi connectivity index (χ3v) is 5.44. The molecule has 2 amide bonds. The monoisotopic (exact) mass is 402 g/mol. The topological polar surface area (TPSA) is 40.6 Å². The molecular formula is C19H15ClN2O2S2. The lowest BCUT2D eigenvalue weighted by Crippen LogP contribution is -2.34. The van der Waals surface area contributed by atoms with Gasteiger partial charge in [-0.3, -0.25) is 9.59 Å². The summed E-state index contributed by atoms with van der Waals surface area (Å²) in [4.78, 5) is 28.8. The number of amides is 2. The maximum atomic E-state index is 12.7. The number of imide groups is 1. The van der Waals surface area contributed by atoms with E-state index in [1.807, 2.05) is 43.3 Å². The standard InChI is InChI=1S/C19H15ClN2O2S2/c1-21(2)13-9-7-12(8-10-13)11-16-18(24)22(19(25)26-16)17(23)14-5-3-4-6-15(14)20/h3-11H,1-2H3. The van der Waals surface area contributed by atoms with Crippen molar-refractivity contribution in [2.24, 2.45) is 0 Å². The lowest BCUT2D eigenvalue weighted by molar-refractivity contribution is -0.120. The summed E-state index contributed by atoms with van der Waals surface area (Å²) in [6.45, 7) is 0. The van der Waals surface area contributed by atoms with E-state index >= 15 is 0 Å². The van der Waals surface area contributed by atoms with Gasteiger partial charge in [0.15, 0.2) is 4.32 Å². The van der Waals surface area contributed by atoms with Crippen LogP contribution in [0.3, 0.4) is 0 Å². The molecule has 0 unspecified atom stereocenters. The molecular weight excluding hydrogens is 388 g/mol. The summed E-state index contributed by atoms with van der Waals surface area (Å²) in [6, 6.07) is 14.3. The fourth-order valence-electron chi connectivity index (χ4n) is 2.42. The van der Waals surface area contributed by atoms with Crippen molar-refractivity contribution >= 4 is 63.5 Å². The Morgan fingerprint density at radius 1 is 1.15 bits per heavy atom. The predicted octanol–water partition coefficient (Wildman–Crippen LogP) is 4.45. The zero-order valence-electron chi connectivity index (χ0n) is 14.1. The third kappa shape index (κ3) is 3.67. The average molecular weight is 403 g/mol. The van der Waals surface area contributed by atoms with E-state index in [-0.39, 0.29) is 14.9 Å². The van der Waals surface area contributed by atoms with Gasteiger partial charge in [0, 0.05) is 19.8 Å². The average Bonchev–Trinajstić information content (AvgIpc) is 2.89. The summed E-state index contributed by atoms with van der Waals surface area (Å²) in [6.07, 6.45) is 1.73. The van der Waals surface area contributed by atoms with Crippen LogP contribution in [0.4, 0.5) is 5.69 Å². The van der Waals surface area contributed by atoms with Crippen LogP contribution in [0.15, 0.2) is 53.4 Å². The first kappa shape index (κ1) is 18.6. The highest BCUT2D eigenvalue weighted by Crippen LogP contribution is 2.34. The van der Waals surface area contributed by atoms with E-state index in [0.29, 0.717) is 4.91 Å². The van der Waals surface area contributed by atoms with Gasteiger partial charge in [-0.1, -0.05) is 59.8 Å². The van der Waals surface area contributed by atoms with Crippen molar-refractivity contribution in [3.63, 3.8) is 0 Å². The molecule has 0 spiro atoms. The van der Waals surface area contributed by atoms with Crippen molar-refractivity contribution in [2.75, 3.05) is 19.0 Å². The van der Waals surface area contributed by atoms with Crippen LogP contribution >= 0.6 is 35.6 Å². The van der Waals surface area contributed by atoms with E-state index in [9.17, 15) is 9.59 Å². The van der Waals surface area contributed by atoms with Crippen molar-refractivity contribution in [3.05, 3.63) is 69.6 Å². The second-order valence-corrected chi connectivity index (χ2v) is 7.87. The quantitative estimate of drug-likeness (QED) is 0.431. The first-order chi connectivity index (χ1) is 12.4. The van der Waals surface area contributed by atoms with Gasteiger partial charge >= 0.3 is 0 Å². The molecule has 1 fully saturated rings. The zero-order valence-corrected chi connectivity index (χ0v) is 16.5. The van der Waals surface area contributed by atoms with Gasteiger partial charge in [-0.05, 0) is 35.9 Å². The largest absolute Gasteiger partial charge is 0.378 e. The third-order valence-electron chi connectivity index (χ3n) is 3.81. The highest BCUT2D eigenvalue weighted by Gasteiger charge is 2.37. The molecule has 26 heavy (non-hydrogen) atoms. The van der Waals surface area contributed by atoms with E-state index in [0.717, 1.165) is 27.9 Å². The molecule has 0 atom stereocenters. The molecule has 3 rings (SSSR count). The molecule has 132 valence electrons. The maximum absolute atomic E-state index is 12.7. The maximum Gasteiger partial charge on any atom is 0.273 e. The first-order valence-electron chi connectivity index (χ1n) is 7.72. The number of nitrogens with zero attached hydrogens (tertiary/aromatic N) is 2. The van der Waals surface area contributed by atoms with E-state index in [1.165, 1.54) is 0 Å². The van der Waals surface area contributed by atoms with Crippen molar-refractivity contribution in [1.82, 2.24) is 4.90 Å². The van der Waals surface area contributed by atoms with Gasteiger partial charge in [-0.25, -0.2) is 4.90 Å². The molecule has 0 bridgehead atoms. The number of anilines is 1. The summed E-state index contributed by atoms with van der Waals surface area (Å²) in [5.41, 5.74) is 2.17. The van der Waals surface area contributed by atoms with Gasteiger partial charge in [-0.2, -0.15) is 0 Å². The SMILES string of the molecule is CN(C)c1ccc(C=C2SC(=S)N(C(=O)c3ccccc3Cl)C2=O)cc1. The lowest BCUT2D eigenvalue weighted by atomic mass is 10.1. The second-order valence-electron chi connectivity index (χ2n) is 5.79. The molecule has 2 aromatic rings. The minimum Gasteiger partial charge on any atom is -0.378 e. The first-order valence-corrected chi connectivity index (χ1v) is 9.33. The fourth-order valence-corrected chi connectivity index (χ4v) is 3.89. The minimum atomic E-state index is -0.510.